The average Bonchev–Trinajstić information content (AvgIpc) is 2.25. The van der Waals surface area contributed by atoms with Gasteiger partial charge in [-0.25, -0.2) is 0 Å². The van der Waals surface area contributed by atoms with Crippen molar-refractivity contribution in [1.29, 1.82) is 0 Å². The van der Waals surface area contributed by atoms with Gasteiger partial charge in [0.05, 0.1) is 6.10 Å². The quantitative estimate of drug-likeness (QED) is 0.741. The molecule has 0 aromatic heterocycles. The lowest BCUT2D eigenvalue weighted by Gasteiger charge is -2.03. The summed E-state index contributed by atoms with van der Waals surface area (Å²) in [6.45, 7) is 4.25. The molecular formula is C14H18O. The van der Waals surface area contributed by atoms with Gasteiger partial charge in [0, 0.05) is 0 Å². The first-order chi connectivity index (χ1) is 7.20. The number of aliphatic hydroxyl groups excluding tert-OH is 1. The molecule has 0 saturated heterocycles. The molecule has 1 aromatic carbocycles. The zero-order chi connectivity index (χ0) is 11.1. The maximum Gasteiger partial charge on any atom is 0.0974 e. The zero-order valence-corrected chi connectivity index (χ0v) is 9.30. The summed E-state index contributed by atoms with van der Waals surface area (Å²) in [4.78, 5) is 0. The number of hydrogen-bond acceptors (Lipinski definition) is 1. The lowest BCUT2D eigenvalue weighted by molar-refractivity contribution is 0.228. The van der Waals surface area contributed by atoms with E-state index >= 15 is 0 Å². The molecule has 0 spiro atoms. The van der Waals surface area contributed by atoms with Crippen molar-refractivity contribution in [2.24, 2.45) is 5.92 Å². The molecule has 0 bridgehead atoms. The summed E-state index contributed by atoms with van der Waals surface area (Å²) in [6, 6.07) is 9.63. The first kappa shape index (κ1) is 11.7. The van der Waals surface area contributed by atoms with Crippen LogP contribution in [0.25, 0.3) is 0 Å². The van der Waals surface area contributed by atoms with Crippen molar-refractivity contribution in [2.45, 2.75) is 20.0 Å². The van der Waals surface area contributed by atoms with E-state index in [0.717, 1.165) is 5.56 Å². The number of aliphatic hydroxyl groups is 1. The molecule has 15 heavy (non-hydrogen) atoms. The lowest BCUT2D eigenvalue weighted by atomic mass is 10.1. The van der Waals surface area contributed by atoms with Crippen LogP contribution in [-0.4, -0.2) is 5.11 Å². The van der Waals surface area contributed by atoms with Gasteiger partial charge in [-0.3, -0.25) is 0 Å². The largest absolute Gasteiger partial charge is 0.384 e. The first-order valence-corrected chi connectivity index (χ1v) is 5.28. The highest BCUT2D eigenvalue weighted by Crippen LogP contribution is 2.12. The van der Waals surface area contributed by atoms with Crippen LogP contribution in [0.1, 0.15) is 25.5 Å². The maximum atomic E-state index is 9.77. The van der Waals surface area contributed by atoms with Crippen LogP contribution in [0.4, 0.5) is 0 Å². The van der Waals surface area contributed by atoms with Gasteiger partial charge in [0.2, 0.25) is 0 Å². The fourth-order valence-corrected chi connectivity index (χ4v) is 1.22. The number of allylic oxidation sites excluding steroid dienone is 3. The molecule has 0 aliphatic heterocycles. The summed E-state index contributed by atoms with van der Waals surface area (Å²) < 4.78 is 0. The van der Waals surface area contributed by atoms with E-state index in [2.05, 4.69) is 19.9 Å². The van der Waals surface area contributed by atoms with Gasteiger partial charge in [-0.05, 0) is 11.5 Å². The standard InChI is InChI=1S/C14H18O/c1-12(2)8-6-7-11-14(15)13-9-4-3-5-10-13/h3-12,14-15H,1-2H3/b8-6+,11-7+. The van der Waals surface area contributed by atoms with Crippen molar-refractivity contribution < 1.29 is 5.11 Å². The third-order valence-corrected chi connectivity index (χ3v) is 2.04. The highest BCUT2D eigenvalue weighted by molar-refractivity contribution is 5.22. The van der Waals surface area contributed by atoms with E-state index in [1.54, 1.807) is 6.08 Å². The fraction of sp³-hybridized carbons (Fsp3) is 0.286. The molecule has 1 aromatic rings. The van der Waals surface area contributed by atoms with Gasteiger partial charge in [-0.1, -0.05) is 68.5 Å². The van der Waals surface area contributed by atoms with Crippen LogP contribution in [0.2, 0.25) is 0 Å². The molecule has 1 atom stereocenters. The summed E-state index contributed by atoms with van der Waals surface area (Å²) >= 11 is 0. The fourth-order valence-electron chi connectivity index (χ4n) is 1.22. The van der Waals surface area contributed by atoms with E-state index < -0.39 is 6.10 Å². The van der Waals surface area contributed by atoms with E-state index in [9.17, 15) is 5.11 Å². The van der Waals surface area contributed by atoms with Crippen LogP contribution < -0.4 is 0 Å². The summed E-state index contributed by atoms with van der Waals surface area (Å²) in [5.41, 5.74) is 0.923. The second-order valence-electron chi connectivity index (χ2n) is 3.87. The van der Waals surface area contributed by atoms with Crippen LogP contribution in [0.3, 0.4) is 0 Å². The molecule has 80 valence electrons. The third-order valence-electron chi connectivity index (χ3n) is 2.04. The predicted molar refractivity (Wildman–Crippen MR) is 64.5 cm³/mol. The van der Waals surface area contributed by atoms with Gasteiger partial charge in [0.1, 0.15) is 0 Å². The first-order valence-electron chi connectivity index (χ1n) is 5.28. The van der Waals surface area contributed by atoms with Crippen LogP contribution in [0.15, 0.2) is 54.6 Å². The van der Waals surface area contributed by atoms with Crippen molar-refractivity contribution in [3.8, 4) is 0 Å². The molecule has 1 rings (SSSR count). The number of benzene rings is 1. The molecule has 0 amide bonds. The molecule has 1 N–H and O–H groups in total. The van der Waals surface area contributed by atoms with E-state index in [-0.39, 0.29) is 0 Å². The smallest absolute Gasteiger partial charge is 0.0974 e. The van der Waals surface area contributed by atoms with Crippen molar-refractivity contribution in [1.82, 2.24) is 0 Å². The number of rotatable bonds is 4. The normalized spacial score (nSPS) is 14.1. The molecule has 0 heterocycles. The second kappa shape index (κ2) is 6.20. The van der Waals surface area contributed by atoms with E-state index in [1.165, 1.54) is 0 Å². The predicted octanol–water partition coefficient (Wildman–Crippen LogP) is 3.49. The van der Waals surface area contributed by atoms with Crippen molar-refractivity contribution in [3.63, 3.8) is 0 Å². The Hall–Kier alpha value is -1.34. The number of hydrogen-bond donors (Lipinski definition) is 1. The SMILES string of the molecule is CC(C)/C=C/C=C/C(O)c1ccccc1. The van der Waals surface area contributed by atoms with Gasteiger partial charge in [-0.2, -0.15) is 0 Å². The minimum Gasteiger partial charge on any atom is -0.384 e. The third kappa shape index (κ3) is 4.61. The summed E-state index contributed by atoms with van der Waals surface area (Å²) in [7, 11) is 0. The maximum absolute atomic E-state index is 9.77. The molecule has 1 unspecified atom stereocenters. The molecule has 0 aliphatic carbocycles. The zero-order valence-electron chi connectivity index (χ0n) is 9.30. The monoisotopic (exact) mass is 202 g/mol. The van der Waals surface area contributed by atoms with Crippen molar-refractivity contribution >= 4 is 0 Å². The van der Waals surface area contributed by atoms with Crippen LogP contribution in [0.5, 0.6) is 0 Å². The topological polar surface area (TPSA) is 20.2 Å². The Morgan fingerprint density at radius 3 is 2.20 bits per heavy atom. The van der Waals surface area contributed by atoms with Crippen molar-refractivity contribution in [2.75, 3.05) is 0 Å². The highest BCUT2D eigenvalue weighted by Gasteiger charge is 1.99. The minimum atomic E-state index is -0.511. The van der Waals surface area contributed by atoms with Crippen molar-refractivity contribution in [3.05, 3.63) is 60.2 Å². The molecule has 0 fully saturated rings. The molecule has 0 aliphatic rings. The minimum absolute atomic E-state index is 0.511. The molecule has 1 heteroatoms. The summed E-state index contributed by atoms with van der Waals surface area (Å²) in [5, 5.41) is 9.77. The van der Waals surface area contributed by atoms with Gasteiger partial charge in [0.15, 0.2) is 0 Å². The van der Waals surface area contributed by atoms with Crippen LogP contribution >= 0.6 is 0 Å². The Kier molecular flexibility index (Phi) is 4.85. The molecule has 0 radical (unpaired) electrons. The summed E-state index contributed by atoms with van der Waals surface area (Å²) in [5.74, 6) is 0.545. The molecule has 0 saturated carbocycles. The van der Waals surface area contributed by atoms with E-state index in [0.29, 0.717) is 5.92 Å². The second-order valence-corrected chi connectivity index (χ2v) is 3.87. The lowest BCUT2D eigenvalue weighted by Crippen LogP contribution is -1.91. The Labute approximate surface area is 91.8 Å². The van der Waals surface area contributed by atoms with E-state index in [1.807, 2.05) is 42.5 Å². The van der Waals surface area contributed by atoms with Gasteiger partial charge >= 0.3 is 0 Å². The van der Waals surface area contributed by atoms with E-state index in [4.69, 9.17) is 0 Å². The summed E-state index contributed by atoms with van der Waals surface area (Å²) in [6.07, 6.45) is 7.22. The molecular weight excluding hydrogens is 184 g/mol. The van der Waals surface area contributed by atoms with Crippen LogP contribution in [-0.2, 0) is 0 Å². The Morgan fingerprint density at radius 2 is 1.60 bits per heavy atom. The van der Waals surface area contributed by atoms with Gasteiger partial charge < -0.3 is 5.11 Å². The van der Waals surface area contributed by atoms with Gasteiger partial charge in [-0.15, -0.1) is 0 Å². The average molecular weight is 202 g/mol. The molecule has 1 nitrogen and oxygen atoms in total. The Bertz CT molecular complexity index is 322. The van der Waals surface area contributed by atoms with Crippen LogP contribution in [0, 0.1) is 5.92 Å². The highest BCUT2D eigenvalue weighted by atomic mass is 16.3. The van der Waals surface area contributed by atoms with Gasteiger partial charge in [0.25, 0.3) is 0 Å². The Morgan fingerprint density at radius 1 is 1.00 bits per heavy atom. The Balaban J connectivity index is 2.53.